The molecule has 3 aromatic rings. The first-order chi connectivity index (χ1) is 12.3. The molecular formula is C20H22N4O. The van der Waals surface area contributed by atoms with Gasteiger partial charge in [-0.25, -0.2) is 9.67 Å². The number of hydrogen-bond donors (Lipinski definition) is 0. The SMILES string of the molecule is O=C(c1cnc2c(cnn2Cc2ccccc2)c1)N1CCCCCC1. The zero-order valence-electron chi connectivity index (χ0n) is 14.3. The van der Waals surface area contributed by atoms with E-state index in [1.54, 1.807) is 12.4 Å². The van der Waals surface area contributed by atoms with E-state index < -0.39 is 0 Å². The standard InChI is InChI=1S/C20H22N4O/c25-20(23-10-6-1-2-7-11-23)18-12-17-14-22-24(19(17)21-13-18)15-16-8-4-3-5-9-16/h3-5,8-9,12-14H,1-2,6-7,10-11,15H2. The quantitative estimate of drug-likeness (QED) is 0.737. The largest absolute Gasteiger partial charge is 0.339 e. The van der Waals surface area contributed by atoms with E-state index in [0.29, 0.717) is 12.1 Å². The summed E-state index contributed by atoms with van der Waals surface area (Å²) in [6.45, 7) is 2.38. The van der Waals surface area contributed by atoms with Crippen molar-refractivity contribution < 1.29 is 4.79 Å². The molecule has 0 spiro atoms. The van der Waals surface area contributed by atoms with Crippen molar-refractivity contribution >= 4 is 16.9 Å². The third kappa shape index (κ3) is 3.40. The molecule has 2 aromatic heterocycles. The van der Waals surface area contributed by atoms with Crippen LogP contribution >= 0.6 is 0 Å². The van der Waals surface area contributed by atoms with Crippen LogP contribution in [0.5, 0.6) is 0 Å². The molecule has 0 saturated carbocycles. The molecule has 5 heteroatoms. The monoisotopic (exact) mass is 334 g/mol. The lowest BCUT2D eigenvalue weighted by Crippen LogP contribution is -2.31. The number of amides is 1. The molecule has 1 aliphatic rings. The van der Waals surface area contributed by atoms with Gasteiger partial charge in [0.1, 0.15) is 0 Å². The van der Waals surface area contributed by atoms with Gasteiger partial charge in [0.25, 0.3) is 5.91 Å². The van der Waals surface area contributed by atoms with E-state index in [0.717, 1.165) is 37.0 Å². The van der Waals surface area contributed by atoms with Gasteiger partial charge in [0.15, 0.2) is 5.65 Å². The highest BCUT2D eigenvalue weighted by Crippen LogP contribution is 2.18. The first-order valence-electron chi connectivity index (χ1n) is 8.96. The summed E-state index contributed by atoms with van der Waals surface area (Å²) in [6.07, 6.45) is 8.11. The van der Waals surface area contributed by atoms with Crippen molar-refractivity contribution in [2.75, 3.05) is 13.1 Å². The molecule has 0 aliphatic carbocycles. The molecule has 0 N–H and O–H groups in total. The number of carbonyl (C=O) groups excluding carboxylic acids is 1. The van der Waals surface area contributed by atoms with Gasteiger partial charge in [-0.3, -0.25) is 4.79 Å². The van der Waals surface area contributed by atoms with Crippen LogP contribution in [0.25, 0.3) is 11.0 Å². The second-order valence-electron chi connectivity index (χ2n) is 6.63. The van der Waals surface area contributed by atoms with Crippen LogP contribution in [-0.2, 0) is 6.54 Å². The van der Waals surface area contributed by atoms with Crippen molar-refractivity contribution in [2.24, 2.45) is 0 Å². The van der Waals surface area contributed by atoms with Gasteiger partial charge in [-0.15, -0.1) is 0 Å². The van der Waals surface area contributed by atoms with Crippen molar-refractivity contribution in [3.05, 3.63) is 59.9 Å². The van der Waals surface area contributed by atoms with Crippen molar-refractivity contribution in [3.63, 3.8) is 0 Å². The van der Waals surface area contributed by atoms with Crippen LogP contribution in [0.3, 0.4) is 0 Å². The molecule has 0 radical (unpaired) electrons. The normalized spacial score (nSPS) is 15.3. The van der Waals surface area contributed by atoms with Crippen LogP contribution in [0.2, 0.25) is 0 Å². The smallest absolute Gasteiger partial charge is 0.255 e. The minimum absolute atomic E-state index is 0.0899. The Balaban J connectivity index is 1.57. The van der Waals surface area contributed by atoms with Crippen LogP contribution in [0, 0.1) is 0 Å². The number of fused-ring (bicyclic) bond motifs is 1. The summed E-state index contributed by atoms with van der Waals surface area (Å²) in [7, 11) is 0. The molecule has 0 bridgehead atoms. The molecule has 1 fully saturated rings. The zero-order valence-corrected chi connectivity index (χ0v) is 14.3. The molecular weight excluding hydrogens is 312 g/mol. The number of aromatic nitrogens is 3. The Bertz CT molecular complexity index is 864. The average molecular weight is 334 g/mol. The summed E-state index contributed by atoms with van der Waals surface area (Å²) in [5, 5.41) is 5.36. The van der Waals surface area contributed by atoms with Gasteiger partial charge in [-0.1, -0.05) is 43.2 Å². The number of carbonyl (C=O) groups is 1. The van der Waals surface area contributed by atoms with E-state index in [9.17, 15) is 4.79 Å². The van der Waals surface area contributed by atoms with Crippen molar-refractivity contribution in [1.82, 2.24) is 19.7 Å². The minimum atomic E-state index is 0.0899. The van der Waals surface area contributed by atoms with E-state index in [1.165, 1.54) is 18.4 Å². The lowest BCUT2D eigenvalue weighted by Gasteiger charge is -2.20. The van der Waals surface area contributed by atoms with Crippen molar-refractivity contribution in [2.45, 2.75) is 32.2 Å². The Hall–Kier alpha value is -2.69. The Morgan fingerprint density at radius 1 is 1.00 bits per heavy atom. The fourth-order valence-corrected chi connectivity index (χ4v) is 3.42. The second kappa shape index (κ2) is 7.05. The second-order valence-corrected chi connectivity index (χ2v) is 6.63. The number of rotatable bonds is 3. The van der Waals surface area contributed by atoms with Gasteiger partial charge < -0.3 is 4.90 Å². The maximum Gasteiger partial charge on any atom is 0.255 e. The summed E-state index contributed by atoms with van der Waals surface area (Å²) >= 11 is 0. The number of nitrogens with zero attached hydrogens (tertiary/aromatic N) is 4. The Kier molecular flexibility index (Phi) is 4.46. The molecule has 1 aliphatic heterocycles. The van der Waals surface area contributed by atoms with Gasteiger partial charge in [-0.2, -0.15) is 5.10 Å². The summed E-state index contributed by atoms with van der Waals surface area (Å²) in [6, 6.07) is 12.1. The summed E-state index contributed by atoms with van der Waals surface area (Å²) in [5.74, 6) is 0.0899. The van der Waals surface area contributed by atoms with Crippen LogP contribution in [0.15, 0.2) is 48.8 Å². The molecule has 1 amide bonds. The molecule has 0 atom stereocenters. The fraction of sp³-hybridized carbons (Fsp3) is 0.350. The van der Waals surface area contributed by atoms with Crippen LogP contribution in [0.1, 0.15) is 41.6 Å². The molecule has 1 aromatic carbocycles. The van der Waals surface area contributed by atoms with E-state index in [1.807, 2.05) is 33.8 Å². The maximum absolute atomic E-state index is 12.8. The first-order valence-corrected chi connectivity index (χ1v) is 8.96. The van der Waals surface area contributed by atoms with Crippen LogP contribution in [0.4, 0.5) is 0 Å². The van der Waals surface area contributed by atoms with E-state index in [-0.39, 0.29) is 5.91 Å². The van der Waals surface area contributed by atoms with Crippen LogP contribution in [-0.4, -0.2) is 38.7 Å². The molecule has 4 rings (SSSR count). The van der Waals surface area contributed by atoms with Gasteiger partial charge in [0, 0.05) is 24.7 Å². The topological polar surface area (TPSA) is 51.0 Å². The Morgan fingerprint density at radius 3 is 2.52 bits per heavy atom. The Labute approximate surface area is 147 Å². The predicted octanol–water partition coefficient (Wildman–Crippen LogP) is 3.50. The summed E-state index contributed by atoms with van der Waals surface area (Å²) in [4.78, 5) is 19.2. The molecule has 5 nitrogen and oxygen atoms in total. The predicted molar refractivity (Wildman–Crippen MR) is 97.4 cm³/mol. The van der Waals surface area contributed by atoms with Gasteiger partial charge >= 0.3 is 0 Å². The number of hydrogen-bond acceptors (Lipinski definition) is 3. The van der Waals surface area contributed by atoms with Crippen molar-refractivity contribution in [3.8, 4) is 0 Å². The number of likely N-dealkylation sites (tertiary alicyclic amines) is 1. The third-order valence-corrected chi connectivity index (χ3v) is 4.79. The first kappa shape index (κ1) is 15.8. The Morgan fingerprint density at radius 2 is 1.76 bits per heavy atom. The van der Waals surface area contributed by atoms with E-state index in [2.05, 4.69) is 22.2 Å². The molecule has 1 saturated heterocycles. The molecule has 0 unspecified atom stereocenters. The fourth-order valence-electron chi connectivity index (χ4n) is 3.42. The highest BCUT2D eigenvalue weighted by Gasteiger charge is 2.18. The van der Waals surface area contributed by atoms with E-state index in [4.69, 9.17) is 0 Å². The zero-order chi connectivity index (χ0) is 17.1. The van der Waals surface area contributed by atoms with E-state index >= 15 is 0 Å². The lowest BCUT2D eigenvalue weighted by atomic mass is 10.2. The number of benzene rings is 1. The molecule has 128 valence electrons. The molecule has 3 heterocycles. The lowest BCUT2D eigenvalue weighted by molar-refractivity contribution is 0.0761. The average Bonchev–Trinajstić information content (AvgIpc) is 2.86. The highest BCUT2D eigenvalue weighted by atomic mass is 16.2. The highest BCUT2D eigenvalue weighted by molar-refractivity contribution is 5.96. The van der Waals surface area contributed by atoms with Crippen LogP contribution < -0.4 is 0 Å². The summed E-state index contributed by atoms with van der Waals surface area (Å²) < 4.78 is 1.88. The van der Waals surface area contributed by atoms with Gasteiger partial charge in [0.05, 0.1) is 18.3 Å². The third-order valence-electron chi connectivity index (χ3n) is 4.79. The number of pyridine rings is 1. The van der Waals surface area contributed by atoms with Gasteiger partial charge in [-0.05, 0) is 24.5 Å². The molecule has 25 heavy (non-hydrogen) atoms. The minimum Gasteiger partial charge on any atom is -0.339 e. The maximum atomic E-state index is 12.8. The van der Waals surface area contributed by atoms with Crippen molar-refractivity contribution in [1.29, 1.82) is 0 Å². The van der Waals surface area contributed by atoms with Gasteiger partial charge in [0.2, 0.25) is 0 Å². The summed E-state index contributed by atoms with van der Waals surface area (Å²) in [5.41, 5.74) is 2.66.